The first-order valence-corrected chi connectivity index (χ1v) is 10.2. The number of carbonyl (C=O) groups excluding carboxylic acids is 2. The Kier molecular flexibility index (Phi) is 5.45. The van der Waals surface area contributed by atoms with Gasteiger partial charge in [-0.15, -0.1) is 0 Å². The molecule has 3 aliphatic heterocycles. The molecule has 6 nitrogen and oxygen atoms in total. The predicted octanol–water partition coefficient (Wildman–Crippen LogP) is 1.94. The molecule has 1 aromatic carbocycles. The quantitative estimate of drug-likeness (QED) is 0.879. The molecule has 1 aromatic rings. The number of hydrogen-bond donors (Lipinski definition) is 1. The minimum Gasteiger partial charge on any atom is -0.381 e. The second-order valence-electron chi connectivity index (χ2n) is 7.93. The molecule has 0 spiro atoms. The van der Waals surface area contributed by atoms with E-state index in [4.69, 9.17) is 4.74 Å². The van der Waals surface area contributed by atoms with Crippen molar-refractivity contribution < 1.29 is 14.3 Å². The summed E-state index contributed by atoms with van der Waals surface area (Å²) in [7, 11) is 0. The topological polar surface area (TPSA) is 61.9 Å². The van der Waals surface area contributed by atoms with E-state index in [-0.39, 0.29) is 23.9 Å². The number of para-hydroxylation sites is 1. The molecule has 146 valence electrons. The van der Waals surface area contributed by atoms with Gasteiger partial charge >= 0.3 is 0 Å². The average Bonchev–Trinajstić information content (AvgIpc) is 3.28. The molecule has 4 rings (SSSR count). The van der Waals surface area contributed by atoms with E-state index in [1.54, 1.807) is 0 Å². The summed E-state index contributed by atoms with van der Waals surface area (Å²) in [5.74, 6) is 0.0112. The lowest BCUT2D eigenvalue weighted by Gasteiger charge is -2.35. The fourth-order valence-electron chi connectivity index (χ4n) is 4.82. The van der Waals surface area contributed by atoms with Crippen LogP contribution >= 0.6 is 0 Å². The highest BCUT2D eigenvalue weighted by molar-refractivity contribution is 6.02. The molecule has 2 amide bonds. The van der Waals surface area contributed by atoms with E-state index in [1.807, 2.05) is 42.2 Å². The molecule has 3 saturated heterocycles. The van der Waals surface area contributed by atoms with Crippen LogP contribution in [0.25, 0.3) is 0 Å². The molecule has 3 atom stereocenters. The van der Waals surface area contributed by atoms with E-state index >= 15 is 0 Å². The minimum absolute atomic E-state index is 0.00216. The number of benzene rings is 1. The molecule has 27 heavy (non-hydrogen) atoms. The first kappa shape index (κ1) is 18.4. The third kappa shape index (κ3) is 3.73. The fraction of sp³-hybridized carbons (Fsp3) is 0.619. The van der Waals surface area contributed by atoms with Gasteiger partial charge in [-0.05, 0) is 57.7 Å². The maximum Gasteiger partial charge on any atom is 0.249 e. The highest BCUT2D eigenvalue weighted by atomic mass is 16.5. The van der Waals surface area contributed by atoms with Crippen LogP contribution in [0.1, 0.15) is 39.0 Å². The molecular weight excluding hydrogens is 342 g/mol. The largest absolute Gasteiger partial charge is 0.381 e. The molecular formula is C21H29N3O3. The van der Waals surface area contributed by atoms with Crippen molar-refractivity contribution >= 4 is 17.5 Å². The molecule has 3 heterocycles. The number of anilines is 1. The van der Waals surface area contributed by atoms with Gasteiger partial charge < -0.3 is 15.0 Å². The smallest absolute Gasteiger partial charge is 0.249 e. The summed E-state index contributed by atoms with van der Waals surface area (Å²) in [6.07, 6.45) is 4.56. The molecule has 6 heteroatoms. The number of likely N-dealkylation sites (tertiary alicyclic amines) is 1. The van der Waals surface area contributed by atoms with Crippen LogP contribution in [0.3, 0.4) is 0 Å². The summed E-state index contributed by atoms with van der Waals surface area (Å²) in [4.78, 5) is 30.1. The number of rotatable bonds is 4. The first-order valence-electron chi connectivity index (χ1n) is 10.2. The summed E-state index contributed by atoms with van der Waals surface area (Å²) in [5, 5.41) is 3.07. The molecule has 3 aliphatic rings. The van der Waals surface area contributed by atoms with Gasteiger partial charge in [0.15, 0.2) is 0 Å². The van der Waals surface area contributed by atoms with E-state index in [0.717, 1.165) is 51.1 Å². The van der Waals surface area contributed by atoms with Gasteiger partial charge in [-0.25, -0.2) is 0 Å². The van der Waals surface area contributed by atoms with Crippen LogP contribution in [0.4, 0.5) is 5.69 Å². The summed E-state index contributed by atoms with van der Waals surface area (Å²) in [6.45, 7) is 4.56. The van der Waals surface area contributed by atoms with Gasteiger partial charge in [0.05, 0.1) is 6.04 Å². The number of ether oxygens (including phenoxy) is 1. The first-order chi connectivity index (χ1) is 13.1. The summed E-state index contributed by atoms with van der Waals surface area (Å²) in [5.41, 5.74) is 0.899. The van der Waals surface area contributed by atoms with Crippen molar-refractivity contribution in [1.82, 2.24) is 10.2 Å². The third-order valence-corrected chi connectivity index (χ3v) is 6.16. The third-order valence-electron chi connectivity index (χ3n) is 6.16. The van der Waals surface area contributed by atoms with Crippen molar-refractivity contribution in [1.29, 1.82) is 0 Å². The van der Waals surface area contributed by atoms with Crippen molar-refractivity contribution in [2.24, 2.45) is 0 Å². The van der Waals surface area contributed by atoms with Crippen molar-refractivity contribution in [2.75, 3.05) is 24.7 Å². The van der Waals surface area contributed by atoms with Crippen LogP contribution in [0.15, 0.2) is 30.3 Å². The van der Waals surface area contributed by atoms with Crippen LogP contribution in [0, 0.1) is 0 Å². The monoisotopic (exact) mass is 371 g/mol. The Labute approximate surface area is 160 Å². The summed E-state index contributed by atoms with van der Waals surface area (Å²) >= 11 is 0. The molecule has 0 aromatic heterocycles. The lowest BCUT2D eigenvalue weighted by atomic mass is 10.1. The van der Waals surface area contributed by atoms with Gasteiger partial charge in [-0.2, -0.15) is 0 Å². The Bertz CT molecular complexity index is 675. The Balaban J connectivity index is 1.41. The second kappa shape index (κ2) is 7.98. The second-order valence-corrected chi connectivity index (χ2v) is 7.93. The maximum absolute atomic E-state index is 13.0. The zero-order valence-electron chi connectivity index (χ0n) is 16.0. The standard InChI is InChI=1S/C21H29N3O3/c1-15-14-18(21(26)24(15)17-6-3-2-4-7-17)22-20(25)19-8-5-11-23(19)16-9-12-27-13-10-16/h2-4,6-7,15-16,18-19H,5,8-14H2,1H3,(H,22,25)/t15-,18+,19+/m1/s1. The molecule has 0 unspecified atom stereocenters. The zero-order valence-corrected chi connectivity index (χ0v) is 16.0. The van der Waals surface area contributed by atoms with Crippen molar-refractivity contribution in [3.63, 3.8) is 0 Å². The highest BCUT2D eigenvalue weighted by Gasteiger charge is 2.42. The SMILES string of the molecule is C[C@@H]1C[C@H](NC(=O)[C@@H]2CCCN2C2CCOCC2)C(=O)N1c1ccccc1. The number of nitrogens with zero attached hydrogens (tertiary/aromatic N) is 2. The van der Waals surface area contributed by atoms with Crippen molar-refractivity contribution in [3.8, 4) is 0 Å². The van der Waals surface area contributed by atoms with Gasteiger partial charge in [-0.3, -0.25) is 14.5 Å². The predicted molar refractivity (Wildman–Crippen MR) is 104 cm³/mol. The van der Waals surface area contributed by atoms with Gasteiger partial charge in [-0.1, -0.05) is 18.2 Å². The maximum atomic E-state index is 13.0. The Morgan fingerprint density at radius 1 is 1.15 bits per heavy atom. The van der Waals surface area contributed by atoms with Gasteiger partial charge in [0.2, 0.25) is 11.8 Å². The molecule has 0 aliphatic carbocycles. The minimum atomic E-state index is -0.426. The van der Waals surface area contributed by atoms with E-state index in [0.29, 0.717) is 12.5 Å². The molecule has 3 fully saturated rings. The normalized spacial score (nSPS) is 30.0. The van der Waals surface area contributed by atoms with E-state index in [2.05, 4.69) is 10.2 Å². The van der Waals surface area contributed by atoms with Gasteiger partial charge in [0, 0.05) is 31.0 Å². The van der Waals surface area contributed by atoms with Gasteiger partial charge in [0.1, 0.15) is 6.04 Å². The Hall–Kier alpha value is -1.92. The van der Waals surface area contributed by atoms with Gasteiger partial charge in [0.25, 0.3) is 0 Å². The Morgan fingerprint density at radius 3 is 2.63 bits per heavy atom. The van der Waals surface area contributed by atoms with E-state index < -0.39 is 6.04 Å². The number of nitrogens with one attached hydrogen (secondary N) is 1. The Morgan fingerprint density at radius 2 is 1.89 bits per heavy atom. The molecule has 0 bridgehead atoms. The van der Waals surface area contributed by atoms with E-state index in [1.165, 1.54) is 0 Å². The number of amides is 2. The lowest BCUT2D eigenvalue weighted by molar-refractivity contribution is -0.130. The average molecular weight is 371 g/mol. The van der Waals surface area contributed by atoms with Crippen molar-refractivity contribution in [2.45, 2.75) is 63.2 Å². The number of carbonyl (C=O) groups is 2. The fourth-order valence-corrected chi connectivity index (χ4v) is 4.82. The molecule has 0 saturated carbocycles. The van der Waals surface area contributed by atoms with Crippen LogP contribution in [0.2, 0.25) is 0 Å². The van der Waals surface area contributed by atoms with Crippen molar-refractivity contribution in [3.05, 3.63) is 30.3 Å². The highest BCUT2D eigenvalue weighted by Crippen LogP contribution is 2.28. The zero-order chi connectivity index (χ0) is 18.8. The van der Waals surface area contributed by atoms with Crippen LogP contribution in [-0.2, 0) is 14.3 Å². The molecule has 1 N–H and O–H groups in total. The summed E-state index contributed by atoms with van der Waals surface area (Å²) < 4.78 is 5.46. The molecule has 0 radical (unpaired) electrons. The lowest BCUT2D eigenvalue weighted by Crippen LogP contribution is -2.52. The van der Waals surface area contributed by atoms with E-state index in [9.17, 15) is 9.59 Å². The van der Waals surface area contributed by atoms with Crippen LogP contribution in [0.5, 0.6) is 0 Å². The van der Waals surface area contributed by atoms with Crippen LogP contribution < -0.4 is 10.2 Å². The number of hydrogen-bond acceptors (Lipinski definition) is 4. The summed E-state index contributed by atoms with van der Waals surface area (Å²) in [6, 6.07) is 9.68. The van der Waals surface area contributed by atoms with Crippen LogP contribution in [-0.4, -0.2) is 60.6 Å².